The maximum atomic E-state index is 7.28. The fourth-order valence-electron chi connectivity index (χ4n) is 4.66. The van der Waals surface area contributed by atoms with Crippen molar-refractivity contribution in [2.75, 3.05) is 13.1 Å². The SMILES string of the molecule is [C-]#[N+]c1ccc2c(c1)c(C1CCC(N3CCCCC3)C1)cn2C. The molecule has 1 aromatic heterocycles. The second kappa shape index (κ2) is 6.02. The number of rotatable bonds is 2. The minimum absolute atomic E-state index is 0.659. The molecule has 2 aliphatic rings. The van der Waals surface area contributed by atoms with Crippen LogP contribution in [-0.4, -0.2) is 28.6 Å². The van der Waals surface area contributed by atoms with Gasteiger partial charge >= 0.3 is 0 Å². The summed E-state index contributed by atoms with van der Waals surface area (Å²) in [6, 6.07) is 6.90. The van der Waals surface area contributed by atoms with E-state index in [0.717, 1.165) is 11.7 Å². The van der Waals surface area contributed by atoms with Crippen molar-refractivity contribution in [2.24, 2.45) is 7.05 Å². The zero-order chi connectivity index (χ0) is 15.8. The van der Waals surface area contributed by atoms with Crippen LogP contribution < -0.4 is 0 Å². The molecule has 2 atom stereocenters. The van der Waals surface area contributed by atoms with Crippen molar-refractivity contribution in [3.8, 4) is 0 Å². The van der Waals surface area contributed by atoms with Gasteiger partial charge in [-0.15, -0.1) is 0 Å². The predicted molar refractivity (Wildman–Crippen MR) is 95.0 cm³/mol. The van der Waals surface area contributed by atoms with Gasteiger partial charge in [0.2, 0.25) is 0 Å². The van der Waals surface area contributed by atoms with Crippen molar-refractivity contribution in [3.63, 3.8) is 0 Å². The number of hydrogen-bond donors (Lipinski definition) is 0. The number of aromatic nitrogens is 1. The van der Waals surface area contributed by atoms with E-state index in [9.17, 15) is 0 Å². The molecule has 23 heavy (non-hydrogen) atoms. The maximum Gasteiger partial charge on any atom is 0.187 e. The predicted octanol–water partition coefficient (Wildman–Crippen LogP) is 4.85. The molecule has 1 aliphatic carbocycles. The maximum absolute atomic E-state index is 7.28. The van der Waals surface area contributed by atoms with Gasteiger partial charge in [-0.1, -0.05) is 12.5 Å². The molecule has 3 heteroatoms. The van der Waals surface area contributed by atoms with E-state index in [-0.39, 0.29) is 0 Å². The third-order valence-electron chi connectivity index (χ3n) is 5.88. The second-order valence-corrected chi connectivity index (χ2v) is 7.27. The molecular formula is C20H25N3. The van der Waals surface area contributed by atoms with Crippen molar-refractivity contribution in [2.45, 2.75) is 50.5 Å². The van der Waals surface area contributed by atoms with Gasteiger partial charge in [-0.25, -0.2) is 4.85 Å². The molecule has 2 unspecified atom stereocenters. The number of likely N-dealkylation sites (tertiary alicyclic amines) is 1. The molecule has 4 rings (SSSR count). The van der Waals surface area contributed by atoms with Gasteiger partial charge in [0.1, 0.15) is 0 Å². The minimum Gasteiger partial charge on any atom is -0.350 e. The Morgan fingerprint density at radius 2 is 1.96 bits per heavy atom. The van der Waals surface area contributed by atoms with E-state index >= 15 is 0 Å². The number of fused-ring (bicyclic) bond motifs is 1. The summed E-state index contributed by atoms with van der Waals surface area (Å²) in [6.07, 6.45) is 10.4. The summed E-state index contributed by atoms with van der Waals surface area (Å²) in [5.74, 6) is 0.659. The van der Waals surface area contributed by atoms with Crippen LogP contribution in [0, 0.1) is 6.57 Å². The Hall–Kier alpha value is -1.79. The van der Waals surface area contributed by atoms with Crippen LogP contribution in [0.3, 0.4) is 0 Å². The molecule has 0 N–H and O–H groups in total. The quantitative estimate of drug-likeness (QED) is 0.722. The lowest BCUT2D eigenvalue weighted by Crippen LogP contribution is -2.37. The molecule has 0 spiro atoms. The highest BCUT2D eigenvalue weighted by molar-refractivity contribution is 5.87. The molecule has 0 amide bonds. The molecule has 1 aromatic carbocycles. The van der Waals surface area contributed by atoms with Crippen LogP contribution in [0.4, 0.5) is 5.69 Å². The van der Waals surface area contributed by atoms with Gasteiger partial charge in [0.15, 0.2) is 5.69 Å². The third-order valence-corrected chi connectivity index (χ3v) is 5.88. The Labute approximate surface area is 138 Å². The van der Waals surface area contributed by atoms with Crippen molar-refractivity contribution in [1.29, 1.82) is 0 Å². The Kier molecular flexibility index (Phi) is 3.87. The van der Waals surface area contributed by atoms with Crippen LogP contribution in [0.25, 0.3) is 15.7 Å². The molecule has 0 bridgehead atoms. The monoisotopic (exact) mass is 307 g/mol. The smallest absolute Gasteiger partial charge is 0.187 e. The molecule has 2 aromatic rings. The zero-order valence-electron chi connectivity index (χ0n) is 14.0. The lowest BCUT2D eigenvalue weighted by atomic mass is 9.96. The number of hydrogen-bond acceptors (Lipinski definition) is 1. The van der Waals surface area contributed by atoms with Crippen molar-refractivity contribution in [3.05, 3.63) is 41.4 Å². The molecule has 1 saturated carbocycles. The zero-order valence-corrected chi connectivity index (χ0v) is 14.0. The first-order chi connectivity index (χ1) is 11.3. The van der Waals surface area contributed by atoms with Gasteiger partial charge in [0, 0.05) is 24.8 Å². The lowest BCUT2D eigenvalue weighted by molar-refractivity contribution is 0.164. The third kappa shape index (κ3) is 2.66. The molecule has 1 aliphatic heterocycles. The molecule has 2 fully saturated rings. The van der Waals surface area contributed by atoms with Crippen molar-refractivity contribution < 1.29 is 0 Å². The van der Waals surface area contributed by atoms with Crippen LogP contribution in [-0.2, 0) is 7.05 Å². The summed E-state index contributed by atoms with van der Waals surface area (Å²) in [7, 11) is 2.13. The van der Waals surface area contributed by atoms with Crippen molar-refractivity contribution in [1.82, 2.24) is 9.47 Å². The molecule has 3 nitrogen and oxygen atoms in total. The summed E-state index contributed by atoms with van der Waals surface area (Å²) in [6.45, 7) is 9.88. The molecule has 1 saturated heterocycles. The fraction of sp³-hybridized carbons (Fsp3) is 0.550. The Morgan fingerprint density at radius 3 is 2.74 bits per heavy atom. The number of nitrogens with zero attached hydrogens (tertiary/aromatic N) is 3. The first-order valence-corrected chi connectivity index (χ1v) is 8.97. The summed E-state index contributed by atoms with van der Waals surface area (Å²) in [4.78, 5) is 6.35. The highest BCUT2D eigenvalue weighted by Crippen LogP contribution is 2.41. The van der Waals surface area contributed by atoms with E-state index in [1.807, 2.05) is 6.07 Å². The van der Waals surface area contributed by atoms with E-state index in [0.29, 0.717) is 5.92 Å². The number of aryl methyl sites for hydroxylation is 1. The average Bonchev–Trinajstić information content (AvgIpc) is 3.20. The number of benzene rings is 1. The van der Waals surface area contributed by atoms with Gasteiger partial charge < -0.3 is 9.47 Å². The van der Waals surface area contributed by atoms with Crippen molar-refractivity contribution >= 4 is 16.6 Å². The highest BCUT2D eigenvalue weighted by Gasteiger charge is 2.32. The van der Waals surface area contributed by atoms with E-state index in [1.54, 1.807) is 0 Å². The van der Waals surface area contributed by atoms with Gasteiger partial charge in [0.05, 0.1) is 6.57 Å². The second-order valence-electron chi connectivity index (χ2n) is 7.27. The lowest BCUT2D eigenvalue weighted by Gasteiger charge is -2.32. The van der Waals surface area contributed by atoms with Crippen LogP contribution in [0.15, 0.2) is 24.4 Å². The molecule has 120 valence electrons. The highest BCUT2D eigenvalue weighted by atomic mass is 15.2. The van der Waals surface area contributed by atoms with E-state index in [4.69, 9.17) is 6.57 Å². The number of piperidine rings is 1. The van der Waals surface area contributed by atoms with Gasteiger partial charge in [-0.3, -0.25) is 0 Å². The minimum atomic E-state index is 0.659. The topological polar surface area (TPSA) is 12.5 Å². The Morgan fingerprint density at radius 1 is 1.13 bits per heavy atom. The first kappa shape index (κ1) is 14.8. The first-order valence-electron chi connectivity index (χ1n) is 8.97. The normalized spacial score (nSPS) is 25.7. The van der Waals surface area contributed by atoms with Crippen LogP contribution in [0.1, 0.15) is 50.0 Å². The van der Waals surface area contributed by atoms with E-state index in [2.05, 4.69) is 39.7 Å². The van der Waals surface area contributed by atoms with Gasteiger partial charge in [0.25, 0.3) is 0 Å². The van der Waals surface area contributed by atoms with Gasteiger partial charge in [-0.2, -0.15) is 0 Å². The van der Waals surface area contributed by atoms with E-state index < -0.39 is 0 Å². The Balaban J connectivity index is 1.61. The molecular weight excluding hydrogens is 282 g/mol. The van der Waals surface area contributed by atoms with Crippen LogP contribution >= 0.6 is 0 Å². The summed E-state index contributed by atoms with van der Waals surface area (Å²) in [5, 5.41) is 1.30. The Bertz CT molecular complexity index is 746. The fourth-order valence-corrected chi connectivity index (χ4v) is 4.66. The average molecular weight is 307 g/mol. The van der Waals surface area contributed by atoms with Gasteiger partial charge in [-0.05, 0) is 74.2 Å². The molecule has 2 heterocycles. The van der Waals surface area contributed by atoms with Crippen LogP contribution in [0.2, 0.25) is 0 Å². The summed E-state index contributed by atoms with van der Waals surface area (Å²) in [5.41, 5.74) is 3.48. The summed E-state index contributed by atoms with van der Waals surface area (Å²) < 4.78 is 2.23. The largest absolute Gasteiger partial charge is 0.350 e. The molecule has 0 radical (unpaired) electrons. The standard InChI is InChI=1S/C20H25N3/c1-21-16-7-9-20-18(13-16)19(14-22(20)2)15-6-8-17(12-15)23-10-4-3-5-11-23/h7,9,13-15,17H,3-6,8,10-12H2,2H3. The summed E-state index contributed by atoms with van der Waals surface area (Å²) >= 11 is 0. The van der Waals surface area contributed by atoms with Crippen LogP contribution in [0.5, 0.6) is 0 Å². The van der Waals surface area contributed by atoms with E-state index in [1.165, 1.54) is 68.1 Å².